The van der Waals surface area contributed by atoms with Gasteiger partial charge in [0.15, 0.2) is 5.75 Å². The van der Waals surface area contributed by atoms with Gasteiger partial charge in [0.25, 0.3) is 5.01 Å². The number of thiazole rings is 1. The maximum atomic E-state index is 6.23. The first-order valence-electron chi connectivity index (χ1n) is 9.98. The lowest BCUT2D eigenvalue weighted by molar-refractivity contribution is -0.642. The van der Waals surface area contributed by atoms with Crippen molar-refractivity contribution in [2.75, 3.05) is 11.9 Å². The van der Waals surface area contributed by atoms with Crippen molar-refractivity contribution in [2.24, 2.45) is 7.05 Å². The summed E-state index contributed by atoms with van der Waals surface area (Å²) in [6, 6.07) is 18.7. The van der Waals surface area contributed by atoms with Crippen molar-refractivity contribution in [3.63, 3.8) is 0 Å². The number of fused-ring (bicyclic) bond motifs is 3. The van der Waals surface area contributed by atoms with E-state index in [1.807, 2.05) is 12.1 Å². The molecule has 4 aromatic rings. The summed E-state index contributed by atoms with van der Waals surface area (Å²) in [5.74, 6) is 1.75. The van der Waals surface area contributed by atoms with Gasteiger partial charge in [0.1, 0.15) is 11.7 Å². The van der Waals surface area contributed by atoms with E-state index in [0.717, 1.165) is 34.3 Å². The van der Waals surface area contributed by atoms with E-state index < -0.39 is 0 Å². The van der Waals surface area contributed by atoms with Gasteiger partial charge in [-0.1, -0.05) is 54.1 Å². The third-order valence-electron chi connectivity index (χ3n) is 5.59. The molecule has 2 heterocycles. The lowest BCUT2D eigenvalue weighted by atomic mass is 10.1. The number of benzene rings is 3. The second kappa shape index (κ2) is 7.46. The average Bonchev–Trinajstić information content (AvgIpc) is 3.22. The highest BCUT2D eigenvalue weighted by atomic mass is 35.5. The van der Waals surface area contributed by atoms with Crippen molar-refractivity contribution in [3.8, 4) is 5.75 Å². The van der Waals surface area contributed by atoms with Crippen molar-refractivity contribution in [2.45, 2.75) is 13.3 Å². The SMILES string of the molecule is CCC(/C=C1\Oc2cc3ccccc3cc2N1C)=C\c1sc2ccc(Cl)cc2[n+]1C. The van der Waals surface area contributed by atoms with Crippen LogP contribution in [0.15, 0.2) is 72.1 Å². The molecule has 0 bridgehead atoms. The van der Waals surface area contributed by atoms with Gasteiger partial charge in [-0.25, -0.2) is 0 Å². The summed E-state index contributed by atoms with van der Waals surface area (Å²) in [7, 11) is 4.14. The number of rotatable bonds is 3. The molecule has 0 saturated heterocycles. The van der Waals surface area contributed by atoms with E-state index in [1.54, 1.807) is 11.3 Å². The Morgan fingerprint density at radius 3 is 2.67 bits per heavy atom. The van der Waals surface area contributed by atoms with Crippen molar-refractivity contribution in [1.29, 1.82) is 0 Å². The van der Waals surface area contributed by atoms with Crippen molar-refractivity contribution >= 4 is 55.7 Å². The van der Waals surface area contributed by atoms with E-state index in [4.69, 9.17) is 16.3 Å². The highest BCUT2D eigenvalue weighted by molar-refractivity contribution is 7.18. The fraction of sp³-hybridized carbons (Fsp3) is 0.160. The molecule has 5 heteroatoms. The van der Waals surface area contributed by atoms with E-state index in [1.165, 1.54) is 26.1 Å². The number of hydrogen-bond acceptors (Lipinski definition) is 3. The number of halogens is 1. The molecular weight excluding hydrogens is 412 g/mol. The number of ether oxygens (including phenoxy) is 1. The number of nitrogens with zero attached hydrogens (tertiary/aromatic N) is 2. The normalized spacial score (nSPS) is 15.3. The van der Waals surface area contributed by atoms with Crippen molar-refractivity contribution in [1.82, 2.24) is 0 Å². The quantitative estimate of drug-likeness (QED) is 0.334. The van der Waals surface area contributed by atoms with E-state index in [2.05, 4.69) is 85.1 Å². The Hall–Kier alpha value is -2.82. The van der Waals surface area contributed by atoms with E-state index >= 15 is 0 Å². The van der Waals surface area contributed by atoms with Gasteiger partial charge < -0.3 is 9.64 Å². The van der Waals surface area contributed by atoms with Gasteiger partial charge in [0.05, 0.1) is 5.69 Å². The summed E-state index contributed by atoms with van der Waals surface area (Å²) in [5.41, 5.74) is 3.45. The number of hydrogen-bond donors (Lipinski definition) is 0. The van der Waals surface area contributed by atoms with E-state index in [-0.39, 0.29) is 0 Å². The fourth-order valence-corrected chi connectivity index (χ4v) is 5.08. The Morgan fingerprint density at radius 1 is 1.13 bits per heavy atom. The molecule has 0 radical (unpaired) electrons. The van der Waals surface area contributed by atoms with Crippen LogP contribution in [0.5, 0.6) is 5.75 Å². The molecule has 0 spiro atoms. The largest absolute Gasteiger partial charge is 0.439 e. The van der Waals surface area contributed by atoms with Crippen LogP contribution in [0, 0.1) is 0 Å². The summed E-state index contributed by atoms with van der Waals surface area (Å²) < 4.78 is 9.65. The summed E-state index contributed by atoms with van der Waals surface area (Å²) in [6.45, 7) is 2.17. The highest BCUT2D eigenvalue weighted by Crippen LogP contribution is 2.41. The van der Waals surface area contributed by atoms with Crippen LogP contribution in [0.3, 0.4) is 0 Å². The standard InChI is InChI=1S/C25H22ClN2OS/c1-4-16(12-25-28(3)21-15-19(26)9-10-23(21)30-25)11-24-27(2)20-13-17-7-5-6-8-18(17)14-22(20)29-24/h5-15H,4H2,1-3H3/q+1. The van der Waals surface area contributed by atoms with Crippen LogP contribution in [0.2, 0.25) is 5.02 Å². The maximum Gasteiger partial charge on any atom is 0.262 e. The van der Waals surface area contributed by atoms with Gasteiger partial charge in [-0.05, 0) is 47.0 Å². The molecule has 1 aliphatic rings. The summed E-state index contributed by atoms with van der Waals surface area (Å²) >= 11 is 7.96. The molecular formula is C25H22ClN2OS+. The Balaban J connectivity index is 1.52. The molecule has 3 aromatic carbocycles. The molecule has 0 amide bonds. The van der Waals surface area contributed by atoms with Crippen LogP contribution >= 0.6 is 22.9 Å². The molecule has 0 aliphatic carbocycles. The Bertz CT molecular complexity index is 1350. The van der Waals surface area contributed by atoms with Crippen LogP contribution in [-0.2, 0) is 7.05 Å². The maximum absolute atomic E-state index is 6.23. The summed E-state index contributed by atoms with van der Waals surface area (Å²) in [6.07, 6.45) is 5.29. The minimum atomic E-state index is 0.760. The van der Waals surface area contributed by atoms with Crippen LogP contribution < -0.4 is 14.2 Å². The number of aryl methyl sites for hydroxylation is 1. The first-order valence-corrected chi connectivity index (χ1v) is 11.2. The summed E-state index contributed by atoms with van der Waals surface area (Å²) in [5, 5.41) is 4.35. The third-order valence-corrected chi connectivity index (χ3v) is 6.99. The minimum Gasteiger partial charge on any atom is -0.439 e. The van der Waals surface area contributed by atoms with Gasteiger partial charge in [0.2, 0.25) is 11.4 Å². The minimum absolute atomic E-state index is 0.760. The molecule has 1 aromatic heterocycles. The fourth-order valence-electron chi connectivity index (χ4n) is 3.81. The summed E-state index contributed by atoms with van der Waals surface area (Å²) in [4.78, 5) is 2.12. The average molecular weight is 434 g/mol. The molecule has 150 valence electrons. The Labute approximate surface area is 185 Å². The first kappa shape index (κ1) is 19.2. The zero-order chi connectivity index (χ0) is 20.8. The number of allylic oxidation sites excluding steroid dienone is 2. The smallest absolute Gasteiger partial charge is 0.262 e. The molecule has 5 rings (SSSR count). The second-order valence-electron chi connectivity index (χ2n) is 7.49. The van der Waals surface area contributed by atoms with Gasteiger partial charge in [-0.3, -0.25) is 0 Å². The van der Waals surface area contributed by atoms with Crippen molar-refractivity contribution in [3.05, 3.63) is 82.2 Å². The Kier molecular flexibility index (Phi) is 4.76. The van der Waals surface area contributed by atoms with Crippen LogP contribution in [-0.4, -0.2) is 7.05 Å². The number of anilines is 1. The van der Waals surface area contributed by atoms with Crippen LogP contribution in [0.1, 0.15) is 18.4 Å². The molecule has 0 fully saturated rings. The van der Waals surface area contributed by atoms with Crippen LogP contribution in [0.4, 0.5) is 5.69 Å². The molecule has 3 nitrogen and oxygen atoms in total. The first-order chi connectivity index (χ1) is 14.5. The zero-order valence-electron chi connectivity index (χ0n) is 17.1. The van der Waals surface area contributed by atoms with Gasteiger partial charge >= 0.3 is 0 Å². The highest BCUT2D eigenvalue weighted by Gasteiger charge is 2.24. The Morgan fingerprint density at radius 2 is 1.90 bits per heavy atom. The van der Waals surface area contributed by atoms with Gasteiger partial charge in [0, 0.05) is 30.3 Å². The molecule has 0 atom stereocenters. The predicted molar refractivity (Wildman–Crippen MR) is 127 cm³/mol. The molecule has 30 heavy (non-hydrogen) atoms. The molecule has 0 N–H and O–H groups in total. The van der Waals surface area contributed by atoms with Gasteiger partial charge in [-0.15, -0.1) is 0 Å². The monoisotopic (exact) mass is 433 g/mol. The van der Waals surface area contributed by atoms with E-state index in [9.17, 15) is 0 Å². The van der Waals surface area contributed by atoms with Gasteiger partial charge in [-0.2, -0.15) is 4.57 Å². The second-order valence-corrected chi connectivity index (χ2v) is 8.99. The molecule has 0 unspecified atom stereocenters. The zero-order valence-corrected chi connectivity index (χ0v) is 18.7. The molecule has 1 aliphatic heterocycles. The van der Waals surface area contributed by atoms with Crippen LogP contribution in [0.25, 0.3) is 27.1 Å². The third kappa shape index (κ3) is 3.26. The topological polar surface area (TPSA) is 16.4 Å². The van der Waals surface area contributed by atoms with E-state index in [0.29, 0.717) is 0 Å². The molecule has 0 saturated carbocycles. The lowest BCUT2D eigenvalue weighted by Crippen LogP contribution is -2.29. The van der Waals surface area contributed by atoms with Crippen molar-refractivity contribution < 1.29 is 9.30 Å². The predicted octanol–water partition coefficient (Wildman–Crippen LogP) is 6.70. The number of aromatic nitrogens is 1. The lowest BCUT2D eigenvalue weighted by Gasteiger charge is -2.11.